The van der Waals surface area contributed by atoms with E-state index in [1.807, 2.05) is 25.3 Å². The predicted octanol–water partition coefficient (Wildman–Crippen LogP) is 4.81. The van der Waals surface area contributed by atoms with E-state index in [1.54, 1.807) is 69.7 Å². The molecule has 182 valence electrons. The molecule has 0 bridgehead atoms. The lowest BCUT2D eigenvalue weighted by Gasteiger charge is -2.14. The Morgan fingerprint density at radius 3 is 2.26 bits per heavy atom. The van der Waals surface area contributed by atoms with Gasteiger partial charge < -0.3 is 9.47 Å². The van der Waals surface area contributed by atoms with Gasteiger partial charge in [0.1, 0.15) is 29.5 Å². The van der Waals surface area contributed by atoms with Crippen molar-refractivity contribution >= 4 is 15.7 Å². The summed E-state index contributed by atoms with van der Waals surface area (Å²) in [4.78, 5) is 13.3. The summed E-state index contributed by atoms with van der Waals surface area (Å²) in [7, 11) is -2.23. The molecular formula is C25H27N5O4S. The number of sulfonamides is 1. The van der Waals surface area contributed by atoms with Crippen molar-refractivity contribution in [2.75, 3.05) is 11.8 Å². The van der Waals surface area contributed by atoms with E-state index in [4.69, 9.17) is 9.47 Å². The van der Waals surface area contributed by atoms with Crippen molar-refractivity contribution in [3.63, 3.8) is 0 Å². The number of methoxy groups -OCH3 is 1. The number of aromatic nitrogens is 4. The standard InChI is InChI=1S/C25H27N5O4S/c1-15-16(2)23(12-11-22(15)33-6)35(31,32)29-20-7-9-21(10-8-20)34-25-13-24(27-19(5)28-25)30-14-26-17(3)18(30)4/h7-14,29H,1-6H3. The van der Waals surface area contributed by atoms with Gasteiger partial charge in [0.25, 0.3) is 10.0 Å². The predicted molar refractivity (Wildman–Crippen MR) is 133 cm³/mol. The van der Waals surface area contributed by atoms with Gasteiger partial charge in [0.2, 0.25) is 5.88 Å². The Balaban J connectivity index is 1.53. The van der Waals surface area contributed by atoms with Crippen LogP contribution in [-0.2, 0) is 10.0 Å². The van der Waals surface area contributed by atoms with E-state index in [-0.39, 0.29) is 4.90 Å². The van der Waals surface area contributed by atoms with Gasteiger partial charge in [-0.15, -0.1) is 0 Å². The number of anilines is 1. The fraction of sp³-hybridized carbons (Fsp3) is 0.240. The van der Waals surface area contributed by atoms with Crippen LogP contribution in [-0.4, -0.2) is 35.0 Å². The molecule has 4 aromatic rings. The van der Waals surface area contributed by atoms with E-state index < -0.39 is 10.0 Å². The van der Waals surface area contributed by atoms with Crippen molar-refractivity contribution in [1.82, 2.24) is 19.5 Å². The molecule has 9 nitrogen and oxygen atoms in total. The number of aryl methyl sites for hydroxylation is 2. The zero-order chi connectivity index (χ0) is 25.3. The van der Waals surface area contributed by atoms with Gasteiger partial charge in [0.05, 0.1) is 17.7 Å². The van der Waals surface area contributed by atoms with Gasteiger partial charge in [0, 0.05) is 17.4 Å². The second-order valence-electron chi connectivity index (χ2n) is 8.14. The highest BCUT2D eigenvalue weighted by Gasteiger charge is 2.20. The maximum Gasteiger partial charge on any atom is 0.262 e. The van der Waals surface area contributed by atoms with Crippen LogP contribution in [0.4, 0.5) is 5.69 Å². The quantitative estimate of drug-likeness (QED) is 0.394. The Labute approximate surface area is 204 Å². The highest BCUT2D eigenvalue weighted by molar-refractivity contribution is 7.92. The fourth-order valence-corrected chi connectivity index (χ4v) is 5.00. The van der Waals surface area contributed by atoms with E-state index >= 15 is 0 Å². The largest absolute Gasteiger partial charge is 0.496 e. The van der Waals surface area contributed by atoms with E-state index in [0.717, 1.165) is 17.0 Å². The van der Waals surface area contributed by atoms with Crippen LogP contribution in [0.3, 0.4) is 0 Å². The number of hydrogen-bond acceptors (Lipinski definition) is 7. The number of imidazole rings is 1. The normalized spacial score (nSPS) is 11.4. The van der Waals surface area contributed by atoms with Crippen LogP contribution in [0.15, 0.2) is 53.7 Å². The lowest BCUT2D eigenvalue weighted by Crippen LogP contribution is -2.15. The average Bonchev–Trinajstić information content (AvgIpc) is 3.14. The Bertz CT molecular complexity index is 1500. The minimum atomic E-state index is -3.78. The molecule has 0 aliphatic heterocycles. The van der Waals surface area contributed by atoms with Crippen LogP contribution < -0.4 is 14.2 Å². The molecule has 35 heavy (non-hydrogen) atoms. The molecule has 0 saturated heterocycles. The molecule has 0 radical (unpaired) electrons. The summed E-state index contributed by atoms with van der Waals surface area (Å²) in [6.45, 7) is 9.28. The highest BCUT2D eigenvalue weighted by Crippen LogP contribution is 2.29. The summed E-state index contributed by atoms with van der Waals surface area (Å²) < 4.78 is 41.7. The summed E-state index contributed by atoms with van der Waals surface area (Å²) in [6, 6.07) is 11.5. The van der Waals surface area contributed by atoms with Crippen LogP contribution in [0.1, 0.15) is 28.3 Å². The zero-order valence-corrected chi connectivity index (χ0v) is 21.3. The maximum absolute atomic E-state index is 13.0. The molecule has 10 heteroatoms. The molecule has 2 aromatic carbocycles. The van der Waals surface area contributed by atoms with Gasteiger partial charge in [-0.2, -0.15) is 4.98 Å². The lowest BCUT2D eigenvalue weighted by molar-refractivity contribution is 0.410. The highest BCUT2D eigenvalue weighted by atomic mass is 32.2. The van der Waals surface area contributed by atoms with E-state index in [1.165, 1.54) is 0 Å². The molecule has 2 heterocycles. The van der Waals surface area contributed by atoms with Crippen molar-refractivity contribution in [3.05, 3.63) is 77.1 Å². The fourth-order valence-electron chi connectivity index (χ4n) is 3.64. The second kappa shape index (κ2) is 9.38. The van der Waals surface area contributed by atoms with Crippen LogP contribution in [0.5, 0.6) is 17.4 Å². The van der Waals surface area contributed by atoms with Gasteiger partial charge in [0.15, 0.2) is 0 Å². The monoisotopic (exact) mass is 493 g/mol. The first-order valence-corrected chi connectivity index (χ1v) is 12.4. The number of ether oxygens (including phenoxy) is 2. The van der Waals surface area contributed by atoms with E-state index in [9.17, 15) is 8.42 Å². The summed E-state index contributed by atoms with van der Waals surface area (Å²) in [5.41, 5.74) is 3.72. The minimum absolute atomic E-state index is 0.199. The summed E-state index contributed by atoms with van der Waals surface area (Å²) in [5.74, 6) is 2.73. The second-order valence-corrected chi connectivity index (χ2v) is 9.80. The number of nitrogens with zero attached hydrogens (tertiary/aromatic N) is 4. The summed E-state index contributed by atoms with van der Waals surface area (Å²) in [6.07, 6.45) is 1.71. The number of hydrogen-bond donors (Lipinski definition) is 1. The van der Waals surface area contributed by atoms with Gasteiger partial charge in [-0.3, -0.25) is 9.29 Å². The number of nitrogens with one attached hydrogen (secondary N) is 1. The Morgan fingerprint density at radius 2 is 1.63 bits per heavy atom. The van der Waals surface area contributed by atoms with Crippen molar-refractivity contribution in [1.29, 1.82) is 0 Å². The van der Waals surface area contributed by atoms with Crippen LogP contribution in [0.2, 0.25) is 0 Å². The Kier molecular flexibility index (Phi) is 6.49. The van der Waals surface area contributed by atoms with Gasteiger partial charge in [-0.1, -0.05) is 0 Å². The maximum atomic E-state index is 13.0. The molecule has 0 amide bonds. The average molecular weight is 494 g/mol. The third kappa shape index (κ3) is 4.97. The van der Waals surface area contributed by atoms with Gasteiger partial charge >= 0.3 is 0 Å². The molecule has 0 saturated carbocycles. The zero-order valence-electron chi connectivity index (χ0n) is 20.4. The molecule has 0 unspecified atom stereocenters. The van der Waals surface area contributed by atoms with Gasteiger partial charge in [-0.05, 0) is 82.1 Å². The first-order chi connectivity index (χ1) is 16.6. The molecule has 0 fully saturated rings. The van der Waals surface area contributed by atoms with E-state index in [2.05, 4.69) is 19.7 Å². The van der Waals surface area contributed by atoms with Crippen LogP contribution in [0, 0.1) is 34.6 Å². The first kappa shape index (κ1) is 24.2. The molecule has 0 atom stereocenters. The third-order valence-corrected chi connectivity index (χ3v) is 7.35. The van der Waals surface area contributed by atoms with Crippen LogP contribution in [0.25, 0.3) is 5.82 Å². The molecule has 2 aromatic heterocycles. The molecule has 0 aliphatic rings. The number of benzene rings is 2. The number of rotatable bonds is 7. The topological polar surface area (TPSA) is 108 Å². The lowest BCUT2D eigenvalue weighted by atomic mass is 10.1. The molecule has 1 N–H and O–H groups in total. The van der Waals surface area contributed by atoms with Crippen molar-refractivity contribution in [2.45, 2.75) is 39.5 Å². The van der Waals surface area contributed by atoms with Crippen LogP contribution >= 0.6 is 0 Å². The minimum Gasteiger partial charge on any atom is -0.496 e. The smallest absolute Gasteiger partial charge is 0.262 e. The summed E-state index contributed by atoms with van der Waals surface area (Å²) >= 11 is 0. The molecule has 4 rings (SSSR count). The SMILES string of the molecule is COc1ccc(S(=O)(=O)Nc2ccc(Oc3cc(-n4cnc(C)c4C)nc(C)n3)cc2)c(C)c1C. The van der Waals surface area contributed by atoms with Crippen molar-refractivity contribution in [2.24, 2.45) is 0 Å². The van der Waals surface area contributed by atoms with E-state index in [0.29, 0.717) is 40.3 Å². The van der Waals surface area contributed by atoms with Gasteiger partial charge in [-0.25, -0.2) is 18.4 Å². The molecule has 0 spiro atoms. The first-order valence-electron chi connectivity index (χ1n) is 10.9. The molecular weight excluding hydrogens is 466 g/mol. The molecule has 0 aliphatic carbocycles. The van der Waals surface area contributed by atoms with Crippen molar-refractivity contribution < 1.29 is 17.9 Å². The summed E-state index contributed by atoms with van der Waals surface area (Å²) in [5, 5.41) is 0. The Hall–Kier alpha value is -3.92. The van der Waals surface area contributed by atoms with Crippen molar-refractivity contribution in [3.8, 4) is 23.2 Å². The third-order valence-electron chi connectivity index (χ3n) is 5.83. The Morgan fingerprint density at radius 1 is 0.914 bits per heavy atom.